The van der Waals surface area contributed by atoms with Gasteiger partial charge in [0.1, 0.15) is 27.9 Å². The summed E-state index contributed by atoms with van der Waals surface area (Å²) in [6, 6.07) is 99.6. The molecule has 0 saturated heterocycles. The van der Waals surface area contributed by atoms with Gasteiger partial charge in [0.15, 0.2) is 11.5 Å². The number of nitrogens with zero attached hydrogens (tertiary/aromatic N) is 2. The van der Waals surface area contributed by atoms with E-state index in [9.17, 15) is 0 Å². The highest BCUT2D eigenvalue weighted by atomic mass is 16.5. The quantitative estimate of drug-likeness (QED) is 0.152. The summed E-state index contributed by atoms with van der Waals surface area (Å²) in [5.74, 6) is 2.21. The molecule has 78 heavy (non-hydrogen) atoms. The summed E-state index contributed by atoms with van der Waals surface area (Å²) < 4.78 is 21.4. The number of para-hydroxylation sites is 1. The Labute approximate surface area is 450 Å². The molecule has 0 amide bonds. The fraction of sp³-hybridized carbons (Fsp3) is 0.0137. The van der Waals surface area contributed by atoms with E-state index in [1.54, 1.807) is 0 Å². The van der Waals surface area contributed by atoms with E-state index in [-0.39, 0.29) is 0 Å². The first-order valence-corrected chi connectivity index (χ1v) is 26.5. The van der Waals surface area contributed by atoms with Crippen LogP contribution in [0.1, 0.15) is 22.5 Å². The molecule has 1 spiro atoms. The SMILES string of the molecule is c1ccc(-c2ccc(N(c3ccc4c(c3)Oc3c(oc5ccc(N(c6ccc(-c7ccccc7)cc6)c6ccc7ccccc7c6)cc35)C43c4ccccc4-c4ccccc43)c3ccc4c(c3)oc3ccccc34)cc2)cc1. The van der Waals surface area contributed by atoms with E-state index in [1.807, 2.05) is 12.1 Å². The molecule has 16 rings (SSSR count). The van der Waals surface area contributed by atoms with Crippen molar-refractivity contribution in [2.24, 2.45) is 0 Å². The zero-order chi connectivity index (χ0) is 51.3. The second-order valence-corrected chi connectivity index (χ2v) is 20.4. The van der Waals surface area contributed by atoms with Gasteiger partial charge in [-0.05, 0) is 134 Å². The molecule has 0 saturated carbocycles. The smallest absolute Gasteiger partial charge is 0.178 e. The standard InChI is InChI=1S/C73H46N2O3/c1-3-15-47(16-4-1)50-27-32-53(33-28-50)74(55-36-31-49-19-7-8-20-52(49)43-55)56-39-42-68-63(44-56)71-72(78-68)73(64-24-12-9-21-59(64)60-22-10-13-25-65(60)73)66-41-38-58(46-70(66)77-71)75(54-34-29-51(30-35-54)48-17-5-2-6-18-48)57-37-40-62-61-23-11-14-26-67(61)76-69(62)45-57/h1-46H. The van der Waals surface area contributed by atoms with Gasteiger partial charge in [-0.25, -0.2) is 0 Å². The Morgan fingerprint density at radius 2 is 0.769 bits per heavy atom. The lowest BCUT2D eigenvalue weighted by atomic mass is 9.69. The van der Waals surface area contributed by atoms with E-state index in [1.165, 1.54) is 22.1 Å². The Morgan fingerprint density at radius 3 is 1.46 bits per heavy atom. The lowest BCUT2D eigenvalue weighted by molar-refractivity contribution is 0.389. The molecule has 2 aromatic heterocycles. The van der Waals surface area contributed by atoms with Gasteiger partial charge in [0.25, 0.3) is 0 Å². The highest BCUT2D eigenvalue weighted by Crippen LogP contribution is 2.64. The van der Waals surface area contributed by atoms with E-state index < -0.39 is 5.41 Å². The molecular weight excluding hydrogens is 953 g/mol. The van der Waals surface area contributed by atoms with Crippen molar-refractivity contribution in [3.63, 3.8) is 0 Å². The zero-order valence-electron chi connectivity index (χ0n) is 42.2. The minimum Gasteiger partial charge on any atom is -0.456 e. The molecule has 2 aliphatic rings. The largest absolute Gasteiger partial charge is 0.456 e. The molecule has 12 aromatic carbocycles. The van der Waals surface area contributed by atoms with Crippen LogP contribution in [-0.4, -0.2) is 0 Å². The van der Waals surface area contributed by atoms with Gasteiger partial charge in [0.05, 0.1) is 5.39 Å². The van der Waals surface area contributed by atoms with Crippen LogP contribution in [0.25, 0.3) is 77.1 Å². The molecule has 0 bridgehead atoms. The molecule has 0 radical (unpaired) electrons. The number of ether oxygens (including phenoxy) is 1. The van der Waals surface area contributed by atoms with Crippen molar-refractivity contribution < 1.29 is 13.6 Å². The van der Waals surface area contributed by atoms with Gasteiger partial charge < -0.3 is 23.4 Å². The van der Waals surface area contributed by atoms with Crippen molar-refractivity contribution in [3.05, 3.63) is 302 Å². The monoisotopic (exact) mass is 998 g/mol. The van der Waals surface area contributed by atoms with Crippen molar-refractivity contribution in [2.75, 3.05) is 9.80 Å². The number of benzene rings is 12. The molecule has 5 nitrogen and oxygen atoms in total. The molecule has 14 aromatic rings. The average Bonchev–Trinajstić information content (AvgIpc) is 4.36. The van der Waals surface area contributed by atoms with Crippen molar-refractivity contribution >= 4 is 77.8 Å². The molecule has 3 heterocycles. The Kier molecular flexibility index (Phi) is 9.78. The maximum Gasteiger partial charge on any atom is 0.178 e. The van der Waals surface area contributed by atoms with Crippen LogP contribution in [0.3, 0.4) is 0 Å². The van der Waals surface area contributed by atoms with Crippen LogP contribution in [0, 0.1) is 0 Å². The maximum absolute atomic E-state index is 7.51. The van der Waals surface area contributed by atoms with Gasteiger partial charge in [-0.1, -0.05) is 188 Å². The maximum atomic E-state index is 7.51. The Bertz CT molecular complexity index is 4610. The van der Waals surface area contributed by atoms with E-state index in [0.717, 1.165) is 117 Å². The van der Waals surface area contributed by atoms with E-state index in [2.05, 4.69) is 277 Å². The van der Waals surface area contributed by atoms with E-state index in [0.29, 0.717) is 5.75 Å². The molecule has 0 fully saturated rings. The number of hydrogen-bond acceptors (Lipinski definition) is 5. The fourth-order valence-corrected chi connectivity index (χ4v) is 12.5. The predicted molar refractivity (Wildman–Crippen MR) is 319 cm³/mol. The van der Waals surface area contributed by atoms with Crippen LogP contribution in [0.15, 0.2) is 288 Å². The Hall–Kier alpha value is -10.4. The van der Waals surface area contributed by atoms with Gasteiger partial charge in [0, 0.05) is 62.6 Å². The number of fused-ring (bicyclic) bond motifs is 15. The van der Waals surface area contributed by atoms with Crippen LogP contribution in [-0.2, 0) is 5.41 Å². The number of anilines is 6. The van der Waals surface area contributed by atoms with Gasteiger partial charge in [-0.3, -0.25) is 0 Å². The molecule has 0 atom stereocenters. The normalized spacial score (nSPS) is 12.8. The van der Waals surface area contributed by atoms with Gasteiger partial charge in [-0.2, -0.15) is 0 Å². The lowest BCUT2D eigenvalue weighted by Gasteiger charge is -2.37. The van der Waals surface area contributed by atoms with Gasteiger partial charge in [0.2, 0.25) is 0 Å². The van der Waals surface area contributed by atoms with E-state index in [4.69, 9.17) is 13.6 Å². The third-order valence-corrected chi connectivity index (χ3v) is 16.1. The molecule has 1 aliphatic carbocycles. The van der Waals surface area contributed by atoms with Crippen LogP contribution in [0.2, 0.25) is 0 Å². The van der Waals surface area contributed by atoms with Crippen molar-refractivity contribution in [1.29, 1.82) is 0 Å². The fourth-order valence-electron chi connectivity index (χ4n) is 12.5. The second-order valence-electron chi connectivity index (χ2n) is 20.4. The summed E-state index contributed by atoms with van der Waals surface area (Å²) in [6.45, 7) is 0. The molecular formula is C73H46N2O3. The first kappa shape index (κ1) is 44.0. The molecule has 0 N–H and O–H groups in total. The summed E-state index contributed by atoms with van der Waals surface area (Å²) in [5.41, 5.74) is 17.9. The number of furan rings is 2. The third-order valence-electron chi connectivity index (χ3n) is 16.1. The topological polar surface area (TPSA) is 42.0 Å². The van der Waals surface area contributed by atoms with Gasteiger partial charge >= 0.3 is 0 Å². The summed E-state index contributed by atoms with van der Waals surface area (Å²) in [6.07, 6.45) is 0. The van der Waals surface area contributed by atoms with Crippen molar-refractivity contribution in [1.82, 2.24) is 0 Å². The van der Waals surface area contributed by atoms with Crippen molar-refractivity contribution in [2.45, 2.75) is 5.41 Å². The minimum atomic E-state index is -0.839. The summed E-state index contributed by atoms with van der Waals surface area (Å²) >= 11 is 0. The summed E-state index contributed by atoms with van der Waals surface area (Å²) in [5, 5.41) is 5.40. The number of rotatable bonds is 8. The van der Waals surface area contributed by atoms with Crippen LogP contribution in [0.4, 0.5) is 34.1 Å². The first-order valence-electron chi connectivity index (χ1n) is 26.5. The first-order chi connectivity index (χ1) is 38.6. The van der Waals surface area contributed by atoms with Gasteiger partial charge in [-0.15, -0.1) is 0 Å². The number of hydrogen-bond donors (Lipinski definition) is 0. The summed E-state index contributed by atoms with van der Waals surface area (Å²) in [7, 11) is 0. The molecule has 0 unspecified atom stereocenters. The lowest BCUT2D eigenvalue weighted by Crippen LogP contribution is -2.31. The average molecular weight is 999 g/mol. The zero-order valence-corrected chi connectivity index (χ0v) is 42.2. The third kappa shape index (κ3) is 6.75. The molecule has 366 valence electrons. The molecule has 1 aliphatic heterocycles. The van der Waals surface area contributed by atoms with Crippen LogP contribution in [0.5, 0.6) is 11.5 Å². The predicted octanol–water partition coefficient (Wildman–Crippen LogP) is 20.2. The Morgan fingerprint density at radius 1 is 0.282 bits per heavy atom. The second kappa shape index (κ2) is 17.4. The van der Waals surface area contributed by atoms with Crippen LogP contribution < -0.4 is 14.5 Å². The molecule has 5 heteroatoms. The highest BCUT2D eigenvalue weighted by molar-refractivity contribution is 6.06. The van der Waals surface area contributed by atoms with Crippen molar-refractivity contribution in [3.8, 4) is 44.9 Å². The summed E-state index contributed by atoms with van der Waals surface area (Å²) in [4.78, 5) is 4.64. The Balaban J connectivity index is 0.902. The highest BCUT2D eigenvalue weighted by Gasteiger charge is 2.54. The minimum absolute atomic E-state index is 0.698. The van der Waals surface area contributed by atoms with Crippen LogP contribution >= 0.6 is 0 Å². The van der Waals surface area contributed by atoms with E-state index >= 15 is 0 Å².